The van der Waals surface area contributed by atoms with Crippen molar-refractivity contribution in [2.75, 3.05) is 64.0 Å². The molecule has 280 valence electrons. The van der Waals surface area contributed by atoms with Gasteiger partial charge < -0.3 is 19.1 Å². The zero-order valence-electron chi connectivity index (χ0n) is 30.6. The lowest BCUT2D eigenvalue weighted by Gasteiger charge is -2.31. The van der Waals surface area contributed by atoms with Gasteiger partial charge in [-0.2, -0.15) is 5.10 Å². The third-order valence-corrected chi connectivity index (χ3v) is 11.5. The fourth-order valence-electron chi connectivity index (χ4n) is 5.96. The molecule has 2 amide bonds. The maximum atomic E-state index is 14.4. The summed E-state index contributed by atoms with van der Waals surface area (Å²) in [5.41, 5.74) is -0.0214. The van der Waals surface area contributed by atoms with Crippen molar-refractivity contribution in [3.8, 4) is 17.3 Å². The number of urea groups is 1. The van der Waals surface area contributed by atoms with Gasteiger partial charge in [-0.05, 0) is 31.5 Å². The Labute approximate surface area is 313 Å². The molecule has 52 heavy (non-hydrogen) atoms. The Morgan fingerprint density at radius 3 is 2.31 bits per heavy atom. The second-order valence-corrected chi connectivity index (χ2v) is 20.0. The van der Waals surface area contributed by atoms with Crippen LogP contribution in [0.5, 0.6) is 11.5 Å². The lowest BCUT2D eigenvalue weighted by Crippen LogP contribution is -2.43. The van der Waals surface area contributed by atoms with Crippen LogP contribution in [0.2, 0.25) is 35.7 Å². The van der Waals surface area contributed by atoms with Gasteiger partial charge in [0.1, 0.15) is 51.8 Å². The first-order chi connectivity index (χ1) is 24.7. The highest BCUT2D eigenvalue weighted by Gasteiger charge is 2.31. The van der Waals surface area contributed by atoms with Gasteiger partial charge in [-0.3, -0.25) is 19.3 Å². The molecular formula is C34H45Cl2N9O6Si. The molecule has 0 atom stereocenters. The molecular weight excluding hydrogens is 729 g/mol. The lowest BCUT2D eigenvalue weighted by molar-refractivity contribution is 0.0969. The number of allylic oxidation sites excluding steroid dienone is 1. The van der Waals surface area contributed by atoms with E-state index >= 15 is 0 Å². The second-order valence-electron chi connectivity index (χ2n) is 13.6. The van der Waals surface area contributed by atoms with Crippen LogP contribution < -0.4 is 25.0 Å². The van der Waals surface area contributed by atoms with Gasteiger partial charge in [0.25, 0.3) is 5.91 Å². The molecule has 5 rings (SSSR count). The number of piperidine rings is 1. The third kappa shape index (κ3) is 7.90. The first kappa shape index (κ1) is 39.0. The summed E-state index contributed by atoms with van der Waals surface area (Å²) in [4.78, 5) is 54.8. The molecule has 1 aliphatic heterocycles. The number of carbonyl (C=O) groups is 2. The molecule has 0 unspecified atom stereocenters. The molecule has 0 radical (unpaired) electrons. The summed E-state index contributed by atoms with van der Waals surface area (Å²) in [5.74, 6) is 0.0870. The number of aromatic nitrogens is 6. The number of nitrogens with zero attached hydrogens (tertiary/aromatic N) is 9. The van der Waals surface area contributed by atoms with Crippen molar-refractivity contribution in [2.45, 2.75) is 51.5 Å². The van der Waals surface area contributed by atoms with Crippen LogP contribution in [0, 0.1) is 0 Å². The Morgan fingerprint density at radius 1 is 1.08 bits per heavy atom. The molecule has 0 N–H and O–H groups in total. The predicted molar refractivity (Wildman–Crippen MR) is 205 cm³/mol. The summed E-state index contributed by atoms with van der Waals surface area (Å²) >= 11 is 13.5. The molecule has 0 saturated carbocycles. The molecule has 1 fully saturated rings. The van der Waals surface area contributed by atoms with Crippen LogP contribution in [0.15, 0.2) is 42.1 Å². The van der Waals surface area contributed by atoms with Gasteiger partial charge in [-0.15, -0.1) is 0 Å². The number of rotatable bonds is 13. The Bertz CT molecular complexity index is 1990. The summed E-state index contributed by atoms with van der Waals surface area (Å²) in [7, 11) is 2.93. The third-order valence-electron chi connectivity index (χ3n) is 9.07. The molecule has 1 saturated heterocycles. The Morgan fingerprint density at radius 2 is 1.73 bits per heavy atom. The Kier molecular flexibility index (Phi) is 12.2. The summed E-state index contributed by atoms with van der Waals surface area (Å²) in [6.45, 7) is 15.4. The number of hydrogen-bond acceptors (Lipinski definition) is 10. The van der Waals surface area contributed by atoms with E-state index in [9.17, 15) is 14.4 Å². The molecule has 1 aliphatic rings. The standard InChI is InChI=1S/C34H45Cl2N9O6Si/c1-9-28(46)44-23-19-43(22-11-13-41(10-2)14-12-22)39-32(23)45(34(44)48)27-18-26(37-20-38-27)40(3)33(47)42(21-51-15-16-52(6,7)8)31-29(35)24(49-4)17-25(50-5)30(31)36/h9,17-20,22H,1,10-16,21H2,2-8H3. The summed E-state index contributed by atoms with van der Waals surface area (Å²) in [5, 5.41) is 4.94. The van der Waals surface area contributed by atoms with Crippen molar-refractivity contribution in [3.05, 3.63) is 57.8 Å². The van der Waals surface area contributed by atoms with E-state index < -0.39 is 25.7 Å². The molecule has 4 aromatic rings. The van der Waals surface area contributed by atoms with Gasteiger partial charge in [-0.25, -0.2) is 28.7 Å². The summed E-state index contributed by atoms with van der Waals surface area (Å²) in [6, 6.07) is 3.31. The maximum Gasteiger partial charge on any atom is 0.343 e. The maximum absolute atomic E-state index is 14.4. The molecule has 1 aromatic carbocycles. The molecule has 3 aromatic heterocycles. The van der Waals surface area contributed by atoms with Gasteiger partial charge >= 0.3 is 11.7 Å². The van der Waals surface area contributed by atoms with E-state index in [0.29, 0.717) is 12.1 Å². The molecule has 0 aliphatic carbocycles. The number of anilines is 2. The quantitative estimate of drug-likeness (QED) is 0.0692. The second kappa shape index (κ2) is 16.2. The van der Waals surface area contributed by atoms with E-state index in [1.165, 1.54) is 54.1 Å². The summed E-state index contributed by atoms with van der Waals surface area (Å²) < 4.78 is 21.0. The number of amides is 2. The van der Waals surface area contributed by atoms with Crippen molar-refractivity contribution in [1.82, 2.24) is 33.8 Å². The van der Waals surface area contributed by atoms with E-state index in [-0.39, 0.29) is 57.3 Å². The first-order valence-electron chi connectivity index (χ1n) is 16.9. The van der Waals surface area contributed by atoms with Crippen molar-refractivity contribution in [1.29, 1.82) is 0 Å². The normalized spacial score (nSPS) is 14.1. The zero-order valence-corrected chi connectivity index (χ0v) is 33.1. The van der Waals surface area contributed by atoms with Crippen LogP contribution in [0.3, 0.4) is 0 Å². The SMILES string of the molecule is C=CC(=O)n1c(=O)n(-c2cc(N(C)C(=O)N(COCC[Si](C)(C)C)c3c(Cl)c(OC)cc(OC)c3Cl)ncn2)c2nn(C3CCN(CC)CC3)cc21. The van der Waals surface area contributed by atoms with E-state index in [1.807, 2.05) is 4.68 Å². The Hall–Kier alpha value is -4.22. The minimum Gasteiger partial charge on any atom is -0.495 e. The number of imidazole rings is 1. The van der Waals surface area contributed by atoms with E-state index in [1.54, 1.807) is 6.20 Å². The van der Waals surface area contributed by atoms with Crippen LogP contribution in [0.25, 0.3) is 17.0 Å². The van der Waals surface area contributed by atoms with Crippen LogP contribution >= 0.6 is 23.2 Å². The number of ether oxygens (including phenoxy) is 3. The van der Waals surface area contributed by atoms with E-state index in [0.717, 1.165) is 49.2 Å². The highest BCUT2D eigenvalue weighted by atomic mass is 35.5. The van der Waals surface area contributed by atoms with Gasteiger partial charge in [0.05, 0.1) is 32.1 Å². The largest absolute Gasteiger partial charge is 0.495 e. The predicted octanol–water partition coefficient (Wildman–Crippen LogP) is 5.96. The number of hydrogen-bond donors (Lipinski definition) is 0. The molecule has 15 nitrogen and oxygen atoms in total. The van der Waals surface area contributed by atoms with Crippen molar-refractivity contribution < 1.29 is 23.8 Å². The first-order valence-corrected chi connectivity index (χ1v) is 21.4. The number of methoxy groups -OCH3 is 2. The van der Waals surface area contributed by atoms with E-state index in [2.05, 4.69) is 48.0 Å². The van der Waals surface area contributed by atoms with E-state index in [4.69, 9.17) is 42.5 Å². The topological polar surface area (TPSA) is 142 Å². The van der Waals surface area contributed by atoms with Gasteiger partial charge in [0.2, 0.25) is 0 Å². The van der Waals surface area contributed by atoms with Crippen molar-refractivity contribution in [3.63, 3.8) is 0 Å². The molecule has 0 spiro atoms. The van der Waals surface area contributed by atoms with Crippen molar-refractivity contribution in [2.24, 2.45) is 0 Å². The van der Waals surface area contributed by atoms with Crippen LogP contribution in [-0.2, 0) is 4.74 Å². The number of halogens is 2. The number of benzene rings is 1. The van der Waals surface area contributed by atoms with Gasteiger partial charge in [-0.1, -0.05) is 56.3 Å². The van der Waals surface area contributed by atoms with Crippen LogP contribution in [0.1, 0.15) is 30.6 Å². The van der Waals surface area contributed by atoms with Crippen LogP contribution in [0.4, 0.5) is 16.3 Å². The Balaban J connectivity index is 1.55. The zero-order chi connectivity index (χ0) is 37.9. The fourth-order valence-corrected chi connectivity index (χ4v) is 7.42. The average Bonchev–Trinajstić information content (AvgIpc) is 3.67. The summed E-state index contributed by atoms with van der Waals surface area (Å²) in [6.07, 6.45) is 5.75. The van der Waals surface area contributed by atoms with Crippen LogP contribution in [-0.4, -0.2) is 108 Å². The minimum atomic E-state index is -1.46. The van der Waals surface area contributed by atoms with Gasteiger partial charge in [0.15, 0.2) is 5.65 Å². The highest BCUT2D eigenvalue weighted by molar-refractivity contribution is 6.76. The minimum absolute atomic E-state index is 0.0744. The number of carbonyl (C=O) groups excluding carboxylic acids is 2. The fraction of sp³-hybridized carbons (Fsp3) is 0.471. The van der Waals surface area contributed by atoms with Crippen molar-refractivity contribution >= 4 is 65.9 Å². The lowest BCUT2D eigenvalue weighted by atomic mass is 10.1. The highest BCUT2D eigenvalue weighted by Crippen LogP contribution is 2.46. The smallest absolute Gasteiger partial charge is 0.343 e. The monoisotopic (exact) mass is 773 g/mol. The number of fused-ring (bicyclic) bond motifs is 1. The molecule has 0 bridgehead atoms. The average molecular weight is 775 g/mol. The van der Waals surface area contributed by atoms with Gasteiger partial charge in [0, 0.05) is 47.0 Å². The molecule has 4 heterocycles. The molecule has 18 heteroatoms. The number of likely N-dealkylation sites (tertiary alicyclic amines) is 1.